The van der Waals surface area contributed by atoms with Crippen LogP contribution in [0.15, 0.2) is 0 Å². The average Bonchev–Trinajstić information content (AvgIpc) is 1.88. The van der Waals surface area contributed by atoms with Gasteiger partial charge in [0.1, 0.15) is 13.2 Å². The Labute approximate surface area is 65.7 Å². The van der Waals surface area contributed by atoms with E-state index in [1.54, 1.807) is 0 Å². The summed E-state index contributed by atoms with van der Waals surface area (Å²) in [6.07, 6.45) is 0. The van der Waals surface area contributed by atoms with Crippen molar-refractivity contribution in [1.82, 2.24) is 0 Å². The molecule has 6 nitrogen and oxygen atoms in total. The Bertz CT molecular complexity index is 69.6. The fourth-order valence-corrected chi connectivity index (χ4v) is 0.472. The molecule has 11 heavy (non-hydrogen) atoms. The van der Waals surface area contributed by atoms with Crippen molar-refractivity contribution in [2.75, 3.05) is 26.4 Å². The first-order chi connectivity index (χ1) is 5.00. The lowest BCUT2D eigenvalue weighted by Gasteiger charge is -2.17. The molecule has 0 bridgehead atoms. The van der Waals surface area contributed by atoms with Crippen molar-refractivity contribution < 1.29 is 38.4 Å². The topological polar surface area (TPSA) is 114 Å². The van der Waals surface area contributed by atoms with Crippen LogP contribution in [0, 0.1) is 10.2 Å². The summed E-state index contributed by atoms with van der Waals surface area (Å²) in [7, 11) is -4.94. The van der Waals surface area contributed by atoms with Gasteiger partial charge in [-0.3, -0.25) is 0 Å². The molecule has 0 spiro atoms. The molecule has 0 amide bonds. The zero-order chi connectivity index (χ0) is 8.74. The number of rotatable bonds is 0. The van der Waals surface area contributed by atoms with Crippen LogP contribution in [0.2, 0.25) is 0 Å². The molecule has 68 valence electrons. The highest BCUT2D eigenvalue weighted by atomic mass is 35.7. The highest BCUT2D eigenvalue weighted by Crippen LogP contribution is 1.81. The summed E-state index contributed by atoms with van der Waals surface area (Å²) in [5.74, 6) is 0. The molecule has 0 aliphatic carbocycles. The van der Waals surface area contributed by atoms with E-state index in [-0.39, 0.29) is 0 Å². The Hall–Kier alpha value is 0.0500. The lowest BCUT2D eigenvalue weighted by atomic mass is 10.6. The molecular formula is C4H9ClO6. The van der Waals surface area contributed by atoms with Gasteiger partial charge >= 0.3 is 0 Å². The quantitative estimate of drug-likeness (QED) is 0.353. The zero-order valence-corrected chi connectivity index (χ0v) is 6.45. The first-order valence-electron chi connectivity index (χ1n) is 2.83. The smallest absolute Gasteiger partial charge is 0.168 e. The Morgan fingerprint density at radius 1 is 1.00 bits per heavy atom. The predicted molar refractivity (Wildman–Crippen MR) is 22.8 cm³/mol. The van der Waals surface area contributed by atoms with Crippen LogP contribution in [0.5, 0.6) is 0 Å². The second-order valence-corrected chi connectivity index (χ2v) is 2.42. The third kappa shape index (κ3) is 17.8. The molecule has 1 N–H and O–H groups in total. The Balaban J connectivity index is 0.000000187. The molecule has 0 aromatic carbocycles. The molecule has 0 aromatic heterocycles. The summed E-state index contributed by atoms with van der Waals surface area (Å²) in [6.45, 7) is 3.47. The molecule has 0 atom stereocenters. The lowest BCUT2D eigenvalue weighted by Crippen LogP contribution is -2.68. The summed E-state index contributed by atoms with van der Waals surface area (Å²) in [4.78, 5) is 0. The number of halogens is 1. The van der Waals surface area contributed by atoms with Gasteiger partial charge in [-0.2, -0.15) is 0 Å². The van der Waals surface area contributed by atoms with E-state index in [2.05, 4.69) is 4.74 Å². The van der Waals surface area contributed by atoms with Gasteiger partial charge in [0.05, 0.1) is 0 Å². The molecule has 1 saturated heterocycles. The van der Waals surface area contributed by atoms with Gasteiger partial charge in [0, 0.05) is 0 Å². The van der Waals surface area contributed by atoms with Crippen LogP contribution in [0.25, 0.3) is 0 Å². The van der Waals surface area contributed by atoms with Crippen molar-refractivity contribution in [3.05, 3.63) is 0 Å². The number of ether oxygens (including phenoxy) is 2. The van der Waals surface area contributed by atoms with Crippen molar-refractivity contribution in [2.45, 2.75) is 0 Å². The summed E-state index contributed by atoms with van der Waals surface area (Å²) in [6, 6.07) is 0. The first-order valence-corrected chi connectivity index (χ1v) is 4.06. The van der Waals surface area contributed by atoms with Crippen LogP contribution >= 0.6 is 0 Å². The van der Waals surface area contributed by atoms with E-state index in [0.717, 1.165) is 26.4 Å². The van der Waals surface area contributed by atoms with E-state index in [9.17, 15) is 0 Å². The van der Waals surface area contributed by atoms with Gasteiger partial charge in [0.15, 0.2) is 13.2 Å². The van der Waals surface area contributed by atoms with Crippen LogP contribution in [-0.4, -0.2) is 31.2 Å². The van der Waals surface area contributed by atoms with E-state index in [1.807, 2.05) is 0 Å². The normalized spacial score (nSPS) is 18.5. The molecule has 7 heteroatoms. The maximum atomic E-state index is 8.49. The van der Waals surface area contributed by atoms with Crippen molar-refractivity contribution in [2.24, 2.45) is 0 Å². The fraction of sp³-hybridized carbons (Fsp3) is 1.00. The molecule has 1 fully saturated rings. The van der Waals surface area contributed by atoms with Crippen LogP contribution in [0.1, 0.15) is 0 Å². The molecule has 1 rings (SSSR count). The second-order valence-electron chi connectivity index (χ2n) is 1.66. The van der Waals surface area contributed by atoms with Gasteiger partial charge < -0.3 is 9.47 Å². The van der Waals surface area contributed by atoms with Crippen molar-refractivity contribution in [1.29, 1.82) is 0 Å². The predicted octanol–water partition coefficient (Wildman–Crippen LogP) is -5.21. The Kier molecular flexibility index (Phi) is 5.69. The molecule has 0 aromatic rings. The van der Waals surface area contributed by atoms with Crippen molar-refractivity contribution in [3.63, 3.8) is 0 Å². The van der Waals surface area contributed by atoms with Gasteiger partial charge in [-0.25, -0.2) is 18.6 Å². The number of hydrogen-bond donors (Lipinski definition) is 0. The molecule has 0 saturated carbocycles. The van der Waals surface area contributed by atoms with E-state index in [4.69, 9.17) is 23.4 Å². The van der Waals surface area contributed by atoms with E-state index < -0.39 is 10.2 Å². The number of hydrogen-bond acceptors (Lipinski definition) is 5. The van der Waals surface area contributed by atoms with Crippen LogP contribution in [-0.2, 0) is 4.74 Å². The molecule has 1 heterocycles. The molecule has 0 radical (unpaired) electrons. The Morgan fingerprint density at radius 3 is 1.45 bits per heavy atom. The third-order valence-electron chi connectivity index (χ3n) is 0.787. The van der Waals surface area contributed by atoms with Gasteiger partial charge in [0.2, 0.25) is 0 Å². The molecule has 1 aliphatic rings. The minimum atomic E-state index is -4.94. The monoisotopic (exact) mass is 188 g/mol. The van der Waals surface area contributed by atoms with Crippen LogP contribution in [0.3, 0.4) is 0 Å². The van der Waals surface area contributed by atoms with Crippen molar-refractivity contribution >= 4 is 0 Å². The minimum absolute atomic E-state index is 0.833. The van der Waals surface area contributed by atoms with Gasteiger partial charge in [0.25, 0.3) is 0 Å². The molecular weight excluding hydrogens is 179 g/mol. The summed E-state index contributed by atoms with van der Waals surface area (Å²) in [5.41, 5.74) is 0. The second kappa shape index (κ2) is 5.67. The lowest BCUT2D eigenvalue weighted by molar-refractivity contribution is -2.00. The molecule has 0 unspecified atom stereocenters. The average molecular weight is 189 g/mol. The highest BCUT2D eigenvalue weighted by Gasteiger charge is 1.99. The summed E-state index contributed by atoms with van der Waals surface area (Å²) in [5, 5.41) is 0. The summed E-state index contributed by atoms with van der Waals surface area (Å²) < 4.78 is 43.0. The number of aliphatic hydroxyl groups is 2. The maximum absolute atomic E-state index is 8.49. The van der Waals surface area contributed by atoms with Gasteiger partial charge in [-0.1, -0.05) is 0 Å². The molecule has 1 aliphatic heterocycles. The van der Waals surface area contributed by atoms with Crippen LogP contribution < -0.4 is 18.6 Å². The fourth-order valence-electron chi connectivity index (χ4n) is 0.472. The van der Waals surface area contributed by atoms with Crippen molar-refractivity contribution in [3.8, 4) is 0 Å². The highest BCUT2D eigenvalue weighted by molar-refractivity contribution is 4.35. The van der Waals surface area contributed by atoms with E-state index >= 15 is 0 Å². The zero-order valence-electron chi connectivity index (χ0n) is 5.69. The Morgan fingerprint density at radius 2 is 1.36 bits per heavy atom. The SMILES string of the molecule is C1C[OH+]CCO1.[O-][Cl+3]([O-])([O-])[O-]. The van der Waals surface area contributed by atoms with Crippen LogP contribution in [0.4, 0.5) is 0 Å². The summed E-state index contributed by atoms with van der Waals surface area (Å²) >= 11 is 0. The first kappa shape index (κ1) is 11.1. The van der Waals surface area contributed by atoms with Gasteiger partial charge in [-0.15, -0.1) is 10.2 Å². The maximum Gasteiger partial charge on any atom is 0.168 e. The largest absolute Gasteiger partial charge is 0.430 e. The van der Waals surface area contributed by atoms with E-state index in [0.29, 0.717) is 0 Å². The van der Waals surface area contributed by atoms with Gasteiger partial charge in [-0.05, 0) is 0 Å². The van der Waals surface area contributed by atoms with E-state index in [1.165, 1.54) is 0 Å². The minimum Gasteiger partial charge on any atom is -0.430 e. The third-order valence-corrected chi connectivity index (χ3v) is 0.787. The standard InChI is InChI=1S/C4H8O2.ClHO4/c1-2-6-4-3-5-1;2-1(3,4)5/h1-4H2;(H,2,3,4,5).